The summed E-state index contributed by atoms with van der Waals surface area (Å²) in [7, 11) is -3.59. The van der Waals surface area contributed by atoms with Gasteiger partial charge in [-0.05, 0) is 31.0 Å². The van der Waals surface area contributed by atoms with E-state index >= 15 is 0 Å². The Bertz CT molecular complexity index is 817. The fourth-order valence-electron chi connectivity index (χ4n) is 3.52. The van der Waals surface area contributed by atoms with Gasteiger partial charge in [-0.25, -0.2) is 8.42 Å². The lowest BCUT2D eigenvalue weighted by atomic mass is 9.95. The third kappa shape index (κ3) is 5.48. The first-order valence-electron chi connectivity index (χ1n) is 9.46. The van der Waals surface area contributed by atoms with Gasteiger partial charge in [0.2, 0.25) is 11.8 Å². The van der Waals surface area contributed by atoms with Crippen LogP contribution in [0.3, 0.4) is 0 Å². The SMILES string of the molecule is CC1CC(=O)Nc2cc(S(=O)(=O)CCC(=O)NC3CCCCC3)ccc2S1. The lowest BCUT2D eigenvalue weighted by Gasteiger charge is -2.22. The maximum atomic E-state index is 12.6. The third-order valence-corrected chi connectivity index (χ3v) is 7.85. The molecule has 8 heteroatoms. The number of hydrogen-bond acceptors (Lipinski definition) is 5. The van der Waals surface area contributed by atoms with E-state index in [0.717, 1.165) is 30.6 Å². The Morgan fingerprint density at radius 2 is 2.00 bits per heavy atom. The zero-order valence-corrected chi connectivity index (χ0v) is 17.1. The average Bonchev–Trinajstić information content (AvgIpc) is 2.76. The van der Waals surface area contributed by atoms with E-state index in [0.29, 0.717) is 12.1 Å². The molecule has 1 aliphatic heterocycles. The van der Waals surface area contributed by atoms with E-state index in [-0.39, 0.29) is 40.2 Å². The lowest BCUT2D eigenvalue weighted by molar-refractivity contribution is -0.121. The van der Waals surface area contributed by atoms with Gasteiger partial charge < -0.3 is 10.6 Å². The van der Waals surface area contributed by atoms with E-state index in [9.17, 15) is 18.0 Å². The molecule has 1 fully saturated rings. The maximum Gasteiger partial charge on any atom is 0.225 e. The minimum absolute atomic E-state index is 0.0476. The molecule has 3 rings (SSSR count). The van der Waals surface area contributed by atoms with E-state index in [1.54, 1.807) is 23.9 Å². The summed E-state index contributed by atoms with van der Waals surface area (Å²) in [4.78, 5) is 25.0. The first-order valence-corrected chi connectivity index (χ1v) is 12.0. The second-order valence-electron chi connectivity index (χ2n) is 7.31. The molecule has 2 aliphatic rings. The van der Waals surface area contributed by atoms with E-state index in [1.807, 2.05) is 6.92 Å². The Balaban J connectivity index is 1.64. The molecular weight excluding hydrogens is 384 g/mol. The second-order valence-corrected chi connectivity index (χ2v) is 10.9. The van der Waals surface area contributed by atoms with Crippen LogP contribution in [0, 0.1) is 0 Å². The first kappa shape index (κ1) is 20.2. The highest BCUT2D eigenvalue weighted by molar-refractivity contribution is 8.00. The number of anilines is 1. The molecule has 1 aromatic carbocycles. The van der Waals surface area contributed by atoms with E-state index in [1.165, 1.54) is 12.5 Å². The van der Waals surface area contributed by atoms with Crippen molar-refractivity contribution in [2.75, 3.05) is 11.1 Å². The molecule has 1 aliphatic carbocycles. The molecule has 0 aromatic heterocycles. The summed E-state index contributed by atoms with van der Waals surface area (Å²) in [5, 5.41) is 5.87. The highest BCUT2D eigenvalue weighted by atomic mass is 32.2. The van der Waals surface area contributed by atoms with E-state index < -0.39 is 9.84 Å². The number of fused-ring (bicyclic) bond motifs is 1. The van der Waals surface area contributed by atoms with Gasteiger partial charge in [-0.2, -0.15) is 0 Å². The molecule has 1 aromatic rings. The number of rotatable bonds is 5. The quantitative estimate of drug-likeness (QED) is 0.778. The van der Waals surface area contributed by atoms with Gasteiger partial charge in [0.05, 0.1) is 16.3 Å². The van der Waals surface area contributed by atoms with E-state index in [2.05, 4.69) is 10.6 Å². The molecular formula is C19H26N2O4S2. The van der Waals surface area contributed by atoms with Crippen LogP contribution in [0.2, 0.25) is 0 Å². The zero-order valence-electron chi connectivity index (χ0n) is 15.5. The molecule has 0 bridgehead atoms. The van der Waals surface area contributed by atoms with Crippen molar-refractivity contribution in [3.05, 3.63) is 18.2 Å². The molecule has 1 heterocycles. The van der Waals surface area contributed by atoms with Crippen molar-refractivity contribution in [1.29, 1.82) is 0 Å². The van der Waals surface area contributed by atoms with Crippen LogP contribution in [0.15, 0.2) is 28.0 Å². The molecule has 0 saturated heterocycles. The van der Waals surface area contributed by atoms with Crippen molar-refractivity contribution in [3.63, 3.8) is 0 Å². The summed E-state index contributed by atoms with van der Waals surface area (Å²) in [6, 6.07) is 4.98. The molecule has 1 saturated carbocycles. The Morgan fingerprint density at radius 3 is 2.74 bits per heavy atom. The van der Waals surface area contributed by atoms with Crippen molar-refractivity contribution in [3.8, 4) is 0 Å². The van der Waals surface area contributed by atoms with Crippen LogP contribution in [0.1, 0.15) is 51.9 Å². The molecule has 0 spiro atoms. The molecule has 27 heavy (non-hydrogen) atoms. The van der Waals surface area contributed by atoms with Crippen molar-refractivity contribution in [2.45, 2.75) is 73.0 Å². The summed E-state index contributed by atoms with van der Waals surface area (Å²) < 4.78 is 25.3. The van der Waals surface area contributed by atoms with Gasteiger partial charge in [-0.15, -0.1) is 11.8 Å². The van der Waals surface area contributed by atoms with Crippen molar-refractivity contribution < 1.29 is 18.0 Å². The number of carbonyl (C=O) groups is 2. The molecule has 6 nitrogen and oxygen atoms in total. The van der Waals surface area contributed by atoms with Crippen LogP contribution in [0.4, 0.5) is 5.69 Å². The number of benzene rings is 1. The lowest BCUT2D eigenvalue weighted by Crippen LogP contribution is -2.36. The number of sulfone groups is 1. The van der Waals surface area contributed by atoms with Gasteiger partial charge in [0.25, 0.3) is 0 Å². The molecule has 0 radical (unpaired) electrons. The number of carbonyl (C=O) groups excluding carboxylic acids is 2. The molecule has 1 atom stereocenters. The third-order valence-electron chi connectivity index (χ3n) is 4.95. The normalized spacial score (nSPS) is 21.1. The van der Waals surface area contributed by atoms with Gasteiger partial charge >= 0.3 is 0 Å². The van der Waals surface area contributed by atoms with Crippen LogP contribution in [0.25, 0.3) is 0 Å². The van der Waals surface area contributed by atoms with Crippen LogP contribution in [-0.4, -0.2) is 37.3 Å². The largest absolute Gasteiger partial charge is 0.353 e. The Hall–Kier alpha value is -1.54. The molecule has 2 amide bonds. The smallest absolute Gasteiger partial charge is 0.225 e. The number of hydrogen-bond donors (Lipinski definition) is 2. The predicted octanol–water partition coefficient (Wildman–Crippen LogP) is 3.12. The number of thioether (sulfide) groups is 1. The topological polar surface area (TPSA) is 92.3 Å². The predicted molar refractivity (Wildman–Crippen MR) is 107 cm³/mol. The Kier molecular flexibility index (Phi) is 6.47. The maximum absolute atomic E-state index is 12.6. The van der Waals surface area contributed by atoms with E-state index in [4.69, 9.17) is 0 Å². The van der Waals surface area contributed by atoms with Gasteiger partial charge in [0.1, 0.15) is 0 Å². The van der Waals surface area contributed by atoms with Crippen LogP contribution < -0.4 is 10.6 Å². The summed E-state index contributed by atoms with van der Waals surface area (Å²) >= 11 is 1.55. The van der Waals surface area contributed by atoms with Crippen LogP contribution in [-0.2, 0) is 19.4 Å². The first-order chi connectivity index (χ1) is 12.8. The highest BCUT2D eigenvalue weighted by Crippen LogP contribution is 2.36. The summed E-state index contributed by atoms with van der Waals surface area (Å²) in [6.45, 7) is 1.97. The summed E-state index contributed by atoms with van der Waals surface area (Å²) in [6.07, 6.45) is 5.71. The Morgan fingerprint density at radius 1 is 1.26 bits per heavy atom. The fraction of sp³-hybridized carbons (Fsp3) is 0.579. The van der Waals surface area contributed by atoms with Gasteiger partial charge in [0, 0.05) is 29.0 Å². The summed E-state index contributed by atoms with van der Waals surface area (Å²) in [5.74, 6) is -0.560. The minimum atomic E-state index is -3.59. The van der Waals surface area contributed by atoms with Crippen LogP contribution >= 0.6 is 11.8 Å². The summed E-state index contributed by atoms with van der Waals surface area (Å²) in [5.41, 5.74) is 0.530. The minimum Gasteiger partial charge on any atom is -0.353 e. The number of amides is 2. The Labute approximate surface area is 164 Å². The molecule has 148 valence electrons. The molecule has 2 N–H and O–H groups in total. The highest BCUT2D eigenvalue weighted by Gasteiger charge is 2.23. The van der Waals surface area contributed by atoms with Crippen molar-refractivity contribution in [1.82, 2.24) is 5.32 Å². The monoisotopic (exact) mass is 410 g/mol. The van der Waals surface area contributed by atoms with Gasteiger partial charge in [-0.3, -0.25) is 9.59 Å². The van der Waals surface area contributed by atoms with Crippen LogP contribution in [0.5, 0.6) is 0 Å². The van der Waals surface area contributed by atoms with Gasteiger partial charge in [0.15, 0.2) is 9.84 Å². The van der Waals surface area contributed by atoms with Crippen molar-refractivity contribution >= 4 is 39.1 Å². The molecule has 1 unspecified atom stereocenters. The number of nitrogens with one attached hydrogen (secondary N) is 2. The standard InChI is InChI=1S/C19H26N2O4S2/c1-13-11-19(23)21-16-12-15(7-8-17(16)26-13)27(24,25)10-9-18(22)20-14-5-3-2-4-6-14/h7-8,12-14H,2-6,9-11H2,1H3,(H,20,22)(H,21,23). The average molecular weight is 411 g/mol. The van der Waals surface area contributed by atoms with Gasteiger partial charge in [-0.1, -0.05) is 26.2 Å². The zero-order chi connectivity index (χ0) is 19.4. The fourth-order valence-corrected chi connectivity index (χ4v) is 5.83. The van der Waals surface area contributed by atoms with Crippen molar-refractivity contribution in [2.24, 2.45) is 0 Å². The second kappa shape index (κ2) is 8.65.